The zero-order chi connectivity index (χ0) is 17.3. The first-order valence-electron chi connectivity index (χ1n) is 8.84. The number of carbonyl (C=O) groups is 2. The molecule has 0 aromatic carbocycles. The second-order valence-corrected chi connectivity index (χ2v) is 8.18. The number of rotatable bonds is 3. The van der Waals surface area contributed by atoms with E-state index in [0.717, 1.165) is 44.3 Å². The van der Waals surface area contributed by atoms with Crippen LogP contribution in [0.25, 0.3) is 0 Å². The Balaban J connectivity index is 1.75. The molecule has 6 heteroatoms. The fraction of sp³-hybridized carbons (Fsp3) is 0.667. The largest absolute Gasteiger partial charge is 0.334 e. The quantitative estimate of drug-likeness (QED) is 0.842. The van der Waals surface area contributed by atoms with Gasteiger partial charge in [-0.05, 0) is 31.2 Å². The van der Waals surface area contributed by atoms with E-state index >= 15 is 0 Å². The molecule has 3 saturated heterocycles. The summed E-state index contributed by atoms with van der Waals surface area (Å²) in [5.74, 6) is 0.535. The number of hydrogen-bond acceptors (Lipinski definition) is 3. The van der Waals surface area contributed by atoms with Gasteiger partial charge in [-0.3, -0.25) is 4.79 Å². The normalized spacial score (nSPS) is 23.3. The van der Waals surface area contributed by atoms with Gasteiger partial charge in [0.25, 0.3) is 5.91 Å². The van der Waals surface area contributed by atoms with Gasteiger partial charge in [-0.2, -0.15) is 0 Å². The molecule has 4 heterocycles. The van der Waals surface area contributed by atoms with Crippen LogP contribution >= 0.6 is 11.3 Å². The Morgan fingerprint density at radius 3 is 2.75 bits per heavy atom. The summed E-state index contributed by atoms with van der Waals surface area (Å²) in [4.78, 5) is 32.2. The van der Waals surface area contributed by atoms with E-state index in [1.807, 2.05) is 15.2 Å². The van der Waals surface area contributed by atoms with Crippen molar-refractivity contribution in [3.05, 3.63) is 21.9 Å². The summed E-state index contributed by atoms with van der Waals surface area (Å²) < 4.78 is 0. The van der Waals surface area contributed by atoms with Gasteiger partial charge in [0.15, 0.2) is 0 Å². The Bertz CT molecular complexity index is 613. The predicted octanol–water partition coefficient (Wildman–Crippen LogP) is 2.92. The SMILES string of the molecule is CCCc1cc(C(=O)N2C[C@H]3CC[C@@H]2CN(C(=O)N(C)C)C3)cs1. The topological polar surface area (TPSA) is 43.9 Å². The molecule has 0 radical (unpaired) electrons. The number of fused-ring (bicyclic) bond motifs is 4. The summed E-state index contributed by atoms with van der Waals surface area (Å²) in [7, 11) is 3.58. The summed E-state index contributed by atoms with van der Waals surface area (Å²) in [5.41, 5.74) is 0.821. The molecule has 2 bridgehead atoms. The molecule has 3 aliphatic heterocycles. The van der Waals surface area contributed by atoms with E-state index in [0.29, 0.717) is 12.5 Å². The lowest BCUT2D eigenvalue weighted by Gasteiger charge is -2.36. The van der Waals surface area contributed by atoms with Crippen LogP contribution in [0, 0.1) is 5.92 Å². The molecule has 3 fully saturated rings. The van der Waals surface area contributed by atoms with Crippen LogP contribution in [0.3, 0.4) is 0 Å². The van der Waals surface area contributed by atoms with Gasteiger partial charge >= 0.3 is 6.03 Å². The van der Waals surface area contributed by atoms with E-state index in [-0.39, 0.29) is 18.0 Å². The van der Waals surface area contributed by atoms with E-state index in [2.05, 4.69) is 13.0 Å². The molecular formula is C18H27N3O2S. The Kier molecular flexibility index (Phi) is 5.13. The molecule has 3 amide bonds. The van der Waals surface area contributed by atoms with E-state index < -0.39 is 0 Å². The third kappa shape index (κ3) is 3.43. The van der Waals surface area contributed by atoms with Gasteiger partial charge in [-0.1, -0.05) is 13.3 Å². The van der Waals surface area contributed by atoms with Crippen LogP contribution in [0.15, 0.2) is 11.4 Å². The summed E-state index contributed by atoms with van der Waals surface area (Å²) in [6, 6.07) is 2.26. The lowest BCUT2D eigenvalue weighted by molar-refractivity contribution is 0.0586. The van der Waals surface area contributed by atoms with Gasteiger partial charge in [0.1, 0.15) is 0 Å². The highest BCUT2D eigenvalue weighted by molar-refractivity contribution is 7.10. The van der Waals surface area contributed by atoms with Gasteiger partial charge in [0, 0.05) is 50.0 Å². The molecule has 0 spiro atoms. The zero-order valence-corrected chi connectivity index (χ0v) is 15.6. The van der Waals surface area contributed by atoms with Crippen molar-refractivity contribution >= 4 is 23.3 Å². The van der Waals surface area contributed by atoms with Crippen molar-refractivity contribution in [2.45, 2.75) is 38.6 Å². The van der Waals surface area contributed by atoms with Crippen LogP contribution in [-0.2, 0) is 6.42 Å². The third-order valence-electron chi connectivity index (χ3n) is 5.02. The number of aryl methyl sites for hydroxylation is 1. The van der Waals surface area contributed by atoms with E-state index in [4.69, 9.17) is 0 Å². The summed E-state index contributed by atoms with van der Waals surface area (Å²) in [6.07, 6.45) is 4.25. The van der Waals surface area contributed by atoms with Crippen molar-refractivity contribution in [1.29, 1.82) is 0 Å². The first-order chi connectivity index (χ1) is 11.5. The molecule has 0 aliphatic carbocycles. The van der Waals surface area contributed by atoms with Crippen molar-refractivity contribution in [1.82, 2.24) is 14.7 Å². The average Bonchev–Trinajstić information content (AvgIpc) is 2.84. The van der Waals surface area contributed by atoms with E-state index in [9.17, 15) is 9.59 Å². The molecule has 0 unspecified atom stereocenters. The van der Waals surface area contributed by atoms with Gasteiger partial charge in [-0.15, -0.1) is 11.3 Å². The third-order valence-corrected chi connectivity index (χ3v) is 6.02. The van der Waals surface area contributed by atoms with Crippen LogP contribution in [0.4, 0.5) is 4.79 Å². The summed E-state index contributed by atoms with van der Waals surface area (Å²) >= 11 is 1.68. The average molecular weight is 350 g/mol. The van der Waals surface area contributed by atoms with Crippen molar-refractivity contribution in [2.75, 3.05) is 33.7 Å². The van der Waals surface area contributed by atoms with Crippen LogP contribution in [0.5, 0.6) is 0 Å². The summed E-state index contributed by atoms with van der Waals surface area (Å²) in [5, 5.41) is 1.99. The maximum Gasteiger partial charge on any atom is 0.319 e. The Morgan fingerprint density at radius 1 is 1.25 bits per heavy atom. The number of urea groups is 1. The maximum atomic E-state index is 13.0. The highest BCUT2D eigenvalue weighted by Gasteiger charge is 2.39. The number of hydrogen-bond donors (Lipinski definition) is 0. The van der Waals surface area contributed by atoms with Crippen LogP contribution in [0.1, 0.15) is 41.4 Å². The van der Waals surface area contributed by atoms with Crippen LogP contribution in [-0.4, -0.2) is 66.4 Å². The zero-order valence-electron chi connectivity index (χ0n) is 14.8. The number of nitrogens with zero attached hydrogens (tertiary/aromatic N) is 3. The van der Waals surface area contributed by atoms with Crippen molar-refractivity contribution in [3.63, 3.8) is 0 Å². The Hall–Kier alpha value is -1.56. The van der Waals surface area contributed by atoms with E-state index in [1.165, 1.54) is 4.88 Å². The van der Waals surface area contributed by atoms with Crippen molar-refractivity contribution < 1.29 is 9.59 Å². The van der Waals surface area contributed by atoms with E-state index in [1.54, 1.807) is 30.3 Å². The van der Waals surface area contributed by atoms with Gasteiger partial charge in [0.2, 0.25) is 0 Å². The fourth-order valence-electron chi connectivity index (χ4n) is 3.81. The van der Waals surface area contributed by atoms with Crippen molar-refractivity contribution in [2.24, 2.45) is 5.92 Å². The van der Waals surface area contributed by atoms with Gasteiger partial charge in [0.05, 0.1) is 5.56 Å². The molecule has 5 nitrogen and oxygen atoms in total. The molecule has 1 aromatic rings. The second-order valence-electron chi connectivity index (χ2n) is 7.19. The van der Waals surface area contributed by atoms with Crippen LogP contribution in [0.2, 0.25) is 0 Å². The van der Waals surface area contributed by atoms with Gasteiger partial charge < -0.3 is 14.7 Å². The smallest absolute Gasteiger partial charge is 0.319 e. The molecule has 132 valence electrons. The lowest BCUT2D eigenvalue weighted by atomic mass is 9.94. The monoisotopic (exact) mass is 349 g/mol. The number of amides is 3. The Labute approximate surface area is 148 Å². The maximum absolute atomic E-state index is 13.0. The molecule has 24 heavy (non-hydrogen) atoms. The first kappa shape index (κ1) is 17.3. The second kappa shape index (κ2) is 7.13. The number of carbonyl (C=O) groups excluding carboxylic acids is 2. The molecule has 0 saturated carbocycles. The van der Waals surface area contributed by atoms with Crippen molar-refractivity contribution in [3.8, 4) is 0 Å². The highest BCUT2D eigenvalue weighted by atomic mass is 32.1. The van der Waals surface area contributed by atoms with Gasteiger partial charge in [-0.25, -0.2) is 4.79 Å². The molecule has 3 aliphatic rings. The fourth-order valence-corrected chi connectivity index (χ4v) is 4.77. The summed E-state index contributed by atoms with van der Waals surface area (Å²) in [6.45, 7) is 4.36. The van der Waals surface area contributed by atoms with Crippen LogP contribution < -0.4 is 0 Å². The highest BCUT2D eigenvalue weighted by Crippen LogP contribution is 2.30. The molecule has 2 atom stereocenters. The lowest BCUT2D eigenvalue weighted by Crippen LogP contribution is -2.48. The first-order valence-corrected chi connectivity index (χ1v) is 9.72. The molecule has 0 N–H and O–H groups in total. The minimum Gasteiger partial charge on any atom is -0.334 e. The standard InChI is InChI=1S/C18H27N3O2S/c1-4-5-16-8-14(12-24-16)17(22)21-10-13-6-7-15(21)11-20(9-13)18(23)19(2)3/h8,12-13,15H,4-7,9-11H2,1-3H3/t13-,15+/m0/s1. The number of piperidine rings is 1. The Morgan fingerprint density at radius 2 is 2.04 bits per heavy atom. The molecular weight excluding hydrogens is 322 g/mol. The minimum absolute atomic E-state index is 0.0574. The molecule has 4 rings (SSSR count). The molecule has 1 aromatic heterocycles. The number of thiophene rings is 1. The predicted molar refractivity (Wildman–Crippen MR) is 96.5 cm³/mol. The minimum atomic E-state index is 0.0574.